The zero-order chi connectivity index (χ0) is 11.3. The van der Waals surface area contributed by atoms with Crippen molar-refractivity contribution in [2.24, 2.45) is 5.73 Å². The zero-order valence-corrected chi connectivity index (χ0v) is 10.2. The minimum Gasteiger partial charge on any atom is -0.401 e. The number of benzene rings is 1. The Kier molecular flexibility index (Phi) is 4.38. The van der Waals surface area contributed by atoms with Gasteiger partial charge in [-0.15, -0.1) is 0 Å². The van der Waals surface area contributed by atoms with Gasteiger partial charge in [-0.2, -0.15) is 5.26 Å². The Bertz CT molecular complexity index is 399. The molecule has 0 radical (unpaired) electrons. The van der Waals surface area contributed by atoms with Crippen LogP contribution < -0.4 is 5.73 Å². The molecule has 0 atom stereocenters. The number of hydrogen-bond acceptors (Lipinski definition) is 2. The average Bonchev–Trinajstić information content (AvgIpc) is 2.22. The summed E-state index contributed by atoms with van der Waals surface area (Å²) in [5, 5.41) is 9.05. The molecule has 0 spiro atoms. The molecule has 1 rings (SSSR count). The summed E-state index contributed by atoms with van der Waals surface area (Å²) in [5.74, 6) is 0. The minimum absolute atomic E-state index is 0.587. The molecule has 0 aliphatic heterocycles. The second-order valence-electron chi connectivity index (χ2n) is 3.27. The molecule has 0 amide bonds. The molecule has 0 aliphatic carbocycles. The molecule has 2 N–H and O–H groups in total. The van der Waals surface area contributed by atoms with Crippen LogP contribution in [0.3, 0.4) is 0 Å². The van der Waals surface area contributed by atoms with Gasteiger partial charge < -0.3 is 5.73 Å². The van der Waals surface area contributed by atoms with Crippen LogP contribution in [0.5, 0.6) is 0 Å². The van der Waals surface area contributed by atoms with Crippen LogP contribution in [0, 0.1) is 11.3 Å². The fourth-order valence-electron chi connectivity index (χ4n) is 1.33. The summed E-state index contributed by atoms with van der Waals surface area (Å²) >= 11 is 3.35. The number of nitriles is 1. The second kappa shape index (κ2) is 5.57. The molecule has 78 valence electrons. The number of hydrogen-bond donors (Lipinski definition) is 1. The van der Waals surface area contributed by atoms with Crippen molar-refractivity contribution in [1.29, 1.82) is 5.26 Å². The molecule has 0 unspecified atom stereocenters. The molecule has 15 heavy (non-hydrogen) atoms. The Morgan fingerprint density at radius 2 is 2.00 bits per heavy atom. The van der Waals surface area contributed by atoms with E-state index in [1.54, 1.807) is 0 Å². The van der Waals surface area contributed by atoms with Crippen molar-refractivity contribution in [2.45, 2.75) is 19.8 Å². The average molecular weight is 265 g/mol. The van der Waals surface area contributed by atoms with Crippen LogP contribution >= 0.6 is 15.9 Å². The van der Waals surface area contributed by atoms with Crippen LogP contribution in [0.1, 0.15) is 25.3 Å². The lowest BCUT2D eigenvalue weighted by atomic mass is 10.0. The van der Waals surface area contributed by atoms with E-state index in [2.05, 4.69) is 22.0 Å². The highest BCUT2D eigenvalue weighted by molar-refractivity contribution is 9.10. The number of nitrogens with zero attached hydrogens (tertiary/aromatic N) is 1. The molecule has 0 heterocycles. The molecule has 0 aromatic heterocycles. The van der Waals surface area contributed by atoms with Crippen LogP contribution in [-0.4, -0.2) is 0 Å². The van der Waals surface area contributed by atoms with Crippen molar-refractivity contribution < 1.29 is 0 Å². The summed E-state index contributed by atoms with van der Waals surface area (Å²) in [6, 6.07) is 9.77. The van der Waals surface area contributed by atoms with E-state index in [1.165, 1.54) is 0 Å². The van der Waals surface area contributed by atoms with Crippen molar-refractivity contribution >= 4 is 21.5 Å². The van der Waals surface area contributed by atoms with Crippen LogP contribution in [0.4, 0.5) is 0 Å². The van der Waals surface area contributed by atoms with E-state index in [0.29, 0.717) is 11.3 Å². The molecule has 0 saturated carbocycles. The van der Waals surface area contributed by atoms with Gasteiger partial charge in [-0.3, -0.25) is 0 Å². The van der Waals surface area contributed by atoms with Crippen molar-refractivity contribution in [3.63, 3.8) is 0 Å². The predicted octanol–water partition coefficient (Wildman–Crippen LogP) is 3.44. The van der Waals surface area contributed by atoms with Crippen molar-refractivity contribution in [3.05, 3.63) is 40.0 Å². The SMILES string of the molecule is CCC/C(N)=C(\C#N)c1ccc(Br)cc1. The van der Waals surface area contributed by atoms with Gasteiger partial charge in [-0.05, 0) is 24.1 Å². The Labute approximate surface area is 98.5 Å². The predicted molar refractivity (Wildman–Crippen MR) is 65.8 cm³/mol. The fourth-order valence-corrected chi connectivity index (χ4v) is 1.60. The first-order valence-corrected chi connectivity index (χ1v) is 5.63. The van der Waals surface area contributed by atoms with E-state index in [1.807, 2.05) is 31.2 Å². The maximum atomic E-state index is 9.05. The van der Waals surface area contributed by atoms with Crippen molar-refractivity contribution in [3.8, 4) is 6.07 Å². The van der Waals surface area contributed by atoms with Crippen LogP contribution in [0.2, 0.25) is 0 Å². The van der Waals surface area contributed by atoms with Gasteiger partial charge in [0.05, 0.1) is 5.57 Å². The first-order chi connectivity index (χ1) is 7.19. The van der Waals surface area contributed by atoms with E-state index in [-0.39, 0.29) is 0 Å². The summed E-state index contributed by atoms with van der Waals surface area (Å²) in [6.45, 7) is 2.05. The molecular formula is C12H13BrN2. The second-order valence-corrected chi connectivity index (χ2v) is 4.18. The highest BCUT2D eigenvalue weighted by Gasteiger charge is 2.05. The van der Waals surface area contributed by atoms with Gasteiger partial charge in [0.2, 0.25) is 0 Å². The molecule has 0 aliphatic rings. The Morgan fingerprint density at radius 3 is 2.47 bits per heavy atom. The first-order valence-electron chi connectivity index (χ1n) is 4.83. The fraction of sp³-hybridized carbons (Fsp3) is 0.250. The summed E-state index contributed by atoms with van der Waals surface area (Å²) in [5.41, 5.74) is 7.99. The maximum absolute atomic E-state index is 9.05. The lowest BCUT2D eigenvalue weighted by molar-refractivity contribution is 0.896. The van der Waals surface area contributed by atoms with Gasteiger partial charge in [0.1, 0.15) is 6.07 Å². The third kappa shape index (κ3) is 3.10. The zero-order valence-electron chi connectivity index (χ0n) is 8.63. The van der Waals surface area contributed by atoms with Crippen LogP contribution in [0.15, 0.2) is 34.4 Å². The van der Waals surface area contributed by atoms with Gasteiger partial charge in [-0.1, -0.05) is 41.4 Å². The molecule has 0 fully saturated rings. The molecule has 3 heteroatoms. The monoisotopic (exact) mass is 264 g/mol. The third-order valence-electron chi connectivity index (χ3n) is 2.09. The molecule has 0 bridgehead atoms. The van der Waals surface area contributed by atoms with Crippen molar-refractivity contribution in [2.75, 3.05) is 0 Å². The molecule has 1 aromatic carbocycles. The number of halogens is 1. The van der Waals surface area contributed by atoms with E-state index in [0.717, 1.165) is 22.9 Å². The maximum Gasteiger partial charge on any atom is 0.102 e. The quantitative estimate of drug-likeness (QED) is 0.851. The highest BCUT2D eigenvalue weighted by atomic mass is 79.9. The van der Waals surface area contributed by atoms with Crippen LogP contribution in [0.25, 0.3) is 5.57 Å². The lowest BCUT2D eigenvalue weighted by Gasteiger charge is -2.04. The van der Waals surface area contributed by atoms with E-state index >= 15 is 0 Å². The van der Waals surface area contributed by atoms with Gasteiger partial charge in [0.15, 0.2) is 0 Å². The van der Waals surface area contributed by atoms with Crippen molar-refractivity contribution in [1.82, 2.24) is 0 Å². The number of nitrogens with two attached hydrogens (primary N) is 1. The summed E-state index contributed by atoms with van der Waals surface area (Å²) in [7, 11) is 0. The van der Waals surface area contributed by atoms with Crippen LogP contribution in [-0.2, 0) is 0 Å². The van der Waals surface area contributed by atoms with E-state index in [9.17, 15) is 0 Å². The molecular weight excluding hydrogens is 252 g/mol. The van der Waals surface area contributed by atoms with Gasteiger partial charge in [0, 0.05) is 10.2 Å². The normalized spacial score (nSPS) is 11.8. The molecule has 0 saturated heterocycles. The summed E-state index contributed by atoms with van der Waals surface area (Å²) in [6.07, 6.45) is 1.71. The van der Waals surface area contributed by atoms with E-state index in [4.69, 9.17) is 11.0 Å². The Morgan fingerprint density at radius 1 is 1.40 bits per heavy atom. The topological polar surface area (TPSA) is 49.8 Å². The number of allylic oxidation sites excluding steroid dienone is 2. The number of rotatable bonds is 3. The summed E-state index contributed by atoms with van der Waals surface area (Å²) < 4.78 is 0.998. The molecule has 1 aromatic rings. The van der Waals surface area contributed by atoms with Gasteiger partial charge >= 0.3 is 0 Å². The minimum atomic E-state index is 0.587. The smallest absolute Gasteiger partial charge is 0.102 e. The Balaban J connectivity index is 3.09. The third-order valence-corrected chi connectivity index (χ3v) is 2.61. The largest absolute Gasteiger partial charge is 0.401 e. The van der Waals surface area contributed by atoms with Gasteiger partial charge in [-0.25, -0.2) is 0 Å². The molecule has 2 nitrogen and oxygen atoms in total. The van der Waals surface area contributed by atoms with E-state index < -0.39 is 0 Å². The lowest BCUT2D eigenvalue weighted by Crippen LogP contribution is -2.00. The Hall–Kier alpha value is -1.27. The first kappa shape index (κ1) is 11.8. The summed E-state index contributed by atoms with van der Waals surface area (Å²) in [4.78, 5) is 0. The highest BCUT2D eigenvalue weighted by Crippen LogP contribution is 2.20. The standard InChI is InChI=1S/C12H13BrN2/c1-2-3-12(15)11(8-14)9-4-6-10(13)7-5-9/h4-7H,2-3,15H2,1H3/b12-11-. The van der Waals surface area contributed by atoms with Gasteiger partial charge in [0.25, 0.3) is 0 Å².